The standard InChI is InChI=1S/C17H26N4O2/c1-13(15-5-4-10-23-15)20-17(22)19-12-14-6-7-16(18-11-14)21-8-2-3-9-21/h6-7,11,13,15H,2-5,8-10,12H2,1H3,(H2,19,20,22)/t13-,15+/m1/s1. The van der Waals surface area contributed by atoms with Gasteiger partial charge < -0.3 is 20.3 Å². The Morgan fingerprint density at radius 2 is 2.22 bits per heavy atom. The molecule has 2 aliphatic rings. The molecule has 0 bridgehead atoms. The summed E-state index contributed by atoms with van der Waals surface area (Å²) in [6.45, 7) is 5.45. The van der Waals surface area contributed by atoms with Gasteiger partial charge in [0.25, 0.3) is 0 Å². The van der Waals surface area contributed by atoms with Crippen LogP contribution in [0.2, 0.25) is 0 Å². The number of urea groups is 1. The third kappa shape index (κ3) is 4.34. The van der Waals surface area contributed by atoms with E-state index in [1.807, 2.05) is 25.3 Å². The third-order valence-electron chi connectivity index (χ3n) is 4.57. The first-order valence-corrected chi connectivity index (χ1v) is 8.58. The topological polar surface area (TPSA) is 66.5 Å². The second-order valence-electron chi connectivity index (χ2n) is 6.39. The SMILES string of the molecule is C[C@@H](NC(=O)NCc1ccc(N2CCCC2)nc1)[C@@H]1CCCO1. The molecular weight excluding hydrogens is 292 g/mol. The monoisotopic (exact) mass is 318 g/mol. The summed E-state index contributed by atoms with van der Waals surface area (Å²) in [7, 11) is 0. The molecule has 1 aromatic rings. The number of hydrogen-bond acceptors (Lipinski definition) is 4. The molecule has 1 aromatic heterocycles. The summed E-state index contributed by atoms with van der Waals surface area (Å²) in [5.74, 6) is 1.03. The van der Waals surface area contributed by atoms with Crippen molar-refractivity contribution in [1.29, 1.82) is 0 Å². The van der Waals surface area contributed by atoms with Crippen LogP contribution in [-0.2, 0) is 11.3 Å². The molecule has 2 N–H and O–H groups in total. The molecule has 0 aromatic carbocycles. The number of anilines is 1. The molecule has 0 radical (unpaired) electrons. The van der Waals surface area contributed by atoms with Gasteiger partial charge in [0, 0.05) is 32.4 Å². The van der Waals surface area contributed by atoms with Crippen molar-refractivity contribution < 1.29 is 9.53 Å². The maximum atomic E-state index is 12.0. The number of ether oxygens (including phenoxy) is 1. The van der Waals surface area contributed by atoms with Gasteiger partial charge in [-0.15, -0.1) is 0 Å². The minimum atomic E-state index is -0.156. The first-order chi connectivity index (χ1) is 11.2. The van der Waals surface area contributed by atoms with Crippen LogP contribution in [0.15, 0.2) is 18.3 Å². The lowest BCUT2D eigenvalue weighted by Gasteiger charge is -2.20. The number of pyridine rings is 1. The van der Waals surface area contributed by atoms with E-state index in [0.717, 1.165) is 43.9 Å². The predicted octanol–water partition coefficient (Wildman–Crippen LogP) is 2.05. The Morgan fingerprint density at radius 1 is 1.39 bits per heavy atom. The summed E-state index contributed by atoms with van der Waals surface area (Å²) in [4.78, 5) is 18.7. The van der Waals surface area contributed by atoms with E-state index in [9.17, 15) is 4.79 Å². The molecule has 2 atom stereocenters. The molecule has 0 saturated carbocycles. The number of aromatic nitrogens is 1. The second-order valence-corrected chi connectivity index (χ2v) is 6.39. The molecule has 0 unspecified atom stereocenters. The zero-order chi connectivity index (χ0) is 16.1. The van der Waals surface area contributed by atoms with E-state index in [2.05, 4.69) is 20.5 Å². The smallest absolute Gasteiger partial charge is 0.315 e. The van der Waals surface area contributed by atoms with Crippen LogP contribution >= 0.6 is 0 Å². The molecule has 2 saturated heterocycles. The molecule has 0 spiro atoms. The normalized spacial score (nSPS) is 22.1. The lowest BCUT2D eigenvalue weighted by atomic mass is 10.1. The van der Waals surface area contributed by atoms with E-state index in [1.54, 1.807) is 0 Å². The molecule has 23 heavy (non-hydrogen) atoms. The van der Waals surface area contributed by atoms with Gasteiger partial charge in [0.15, 0.2) is 0 Å². The molecule has 0 aliphatic carbocycles. The van der Waals surface area contributed by atoms with Crippen molar-refractivity contribution in [3.05, 3.63) is 23.9 Å². The summed E-state index contributed by atoms with van der Waals surface area (Å²) < 4.78 is 5.58. The number of nitrogens with zero attached hydrogens (tertiary/aromatic N) is 2. The van der Waals surface area contributed by atoms with E-state index in [-0.39, 0.29) is 18.2 Å². The Kier molecular flexibility index (Phi) is 5.33. The number of carbonyl (C=O) groups is 1. The van der Waals surface area contributed by atoms with Crippen molar-refractivity contribution in [2.45, 2.75) is 51.3 Å². The van der Waals surface area contributed by atoms with Gasteiger partial charge in [-0.05, 0) is 44.2 Å². The van der Waals surface area contributed by atoms with E-state index >= 15 is 0 Å². The Morgan fingerprint density at radius 3 is 2.87 bits per heavy atom. The number of carbonyl (C=O) groups excluding carboxylic acids is 1. The highest BCUT2D eigenvalue weighted by Gasteiger charge is 2.23. The van der Waals surface area contributed by atoms with Crippen LogP contribution in [0.1, 0.15) is 38.2 Å². The summed E-state index contributed by atoms with van der Waals surface area (Å²) in [6.07, 6.45) is 6.57. The zero-order valence-corrected chi connectivity index (χ0v) is 13.8. The van der Waals surface area contributed by atoms with E-state index < -0.39 is 0 Å². The Hall–Kier alpha value is -1.82. The summed E-state index contributed by atoms with van der Waals surface area (Å²) in [5.41, 5.74) is 1.01. The van der Waals surface area contributed by atoms with Crippen molar-refractivity contribution >= 4 is 11.8 Å². The highest BCUT2D eigenvalue weighted by atomic mass is 16.5. The summed E-state index contributed by atoms with van der Waals surface area (Å²) in [6, 6.07) is 3.95. The maximum Gasteiger partial charge on any atom is 0.315 e. The molecule has 6 nitrogen and oxygen atoms in total. The lowest BCUT2D eigenvalue weighted by Crippen LogP contribution is -2.45. The van der Waals surface area contributed by atoms with Crippen LogP contribution in [0.25, 0.3) is 0 Å². The largest absolute Gasteiger partial charge is 0.376 e. The van der Waals surface area contributed by atoms with Crippen LogP contribution in [-0.4, -0.2) is 42.9 Å². The molecule has 2 amide bonds. The minimum absolute atomic E-state index is 0.0353. The average Bonchev–Trinajstić information content (AvgIpc) is 3.26. The van der Waals surface area contributed by atoms with Crippen molar-refractivity contribution in [2.24, 2.45) is 0 Å². The van der Waals surface area contributed by atoms with Gasteiger partial charge in [-0.2, -0.15) is 0 Å². The number of amides is 2. The van der Waals surface area contributed by atoms with Crippen molar-refractivity contribution in [3.63, 3.8) is 0 Å². The molecule has 2 aliphatic heterocycles. The quantitative estimate of drug-likeness (QED) is 0.872. The van der Waals surface area contributed by atoms with E-state index in [0.29, 0.717) is 6.54 Å². The van der Waals surface area contributed by atoms with Gasteiger partial charge in [0.2, 0.25) is 0 Å². The van der Waals surface area contributed by atoms with Crippen LogP contribution < -0.4 is 15.5 Å². The number of nitrogens with one attached hydrogen (secondary N) is 2. The van der Waals surface area contributed by atoms with Gasteiger partial charge in [-0.1, -0.05) is 6.07 Å². The van der Waals surface area contributed by atoms with Crippen LogP contribution in [0.4, 0.5) is 10.6 Å². The Balaban J connectivity index is 1.43. The number of rotatable bonds is 5. The van der Waals surface area contributed by atoms with Gasteiger partial charge >= 0.3 is 6.03 Å². The molecule has 3 rings (SSSR count). The highest BCUT2D eigenvalue weighted by Crippen LogP contribution is 2.17. The van der Waals surface area contributed by atoms with Crippen LogP contribution in [0, 0.1) is 0 Å². The second kappa shape index (κ2) is 7.64. The van der Waals surface area contributed by atoms with Crippen molar-refractivity contribution in [3.8, 4) is 0 Å². The third-order valence-corrected chi connectivity index (χ3v) is 4.57. The molecular formula is C17H26N4O2. The first-order valence-electron chi connectivity index (χ1n) is 8.58. The fourth-order valence-corrected chi connectivity index (χ4v) is 3.18. The molecule has 6 heteroatoms. The Labute approximate surface area is 137 Å². The summed E-state index contributed by atoms with van der Waals surface area (Å²) >= 11 is 0. The van der Waals surface area contributed by atoms with Gasteiger partial charge in [0.05, 0.1) is 12.1 Å². The van der Waals surface area contributed by atoms with Crippen LogP contribution in [0.3, 0.4) is 0 Å². The summed E-state index contributed by atoms with van der Waals surface area (Å²) in [5, 5.41) is 5.83. The van der Waals surface area contributed by atoms with Crippen molar-refractivity contribution in [1.82, 2.24) is 15.6 Å². The minimum Gasteiger partial charge on any atom is -0.376 e. The molecule has 3 heterocycles. The fourth-order valence-electron chi connectivity index (χ4n) is 3.18. The van der Waals surface area contributed by atoms with Crippen molar-refractivity contribution in [2.75, 3.05) is 24.6 Å². The van der Waals surface area contributed by atoms with Gasteiger partial charge in [-0.3, -0.25) is 0 Å². The molecule has 2 fully saturated rings. The van der Waals surface area contributed by atoms with Crippen LogP contribution in [0.5, 0.6) is 0 Å². The highest BCUT2D eigenvalue weighted by molar-refractivity contribution is 5.74. The lowest BCUT2D eigenvalue weighted by molar-refractivity contribution is 0.0860. The maximum absolute atomic E-state index is 12.0. The molecule has 126 valence electrons. The average molecular weight is 318 g/mol. The van der Waals surface area contributed by atoms with Gasteiger partial charge in [0.1, 0.15) is 5.82 Å². The zero-order valence-electron chi connectivity index (χ0n) is 13.8. The van der Waals surface area contributed by atoms with E-state index in [4.69, 9.17) is 4.74 Å². The fraction of sp³-hybridized carbons (Fsp3) is 0.647. The van der Waals surface area contributed by atoms with Gasteiger partial charge in [-0.25, -0.2) is 9.78 Å². The first kappa shape index (κ1) is 16.1. The van der Waals surface area contributed by atoms with E-state index in [1.165, 1.54) is 12.8 Å². The number of hydrogen-bond donors (Lipinski definition) is 2. The predicted molar refractivity (Wildman–Crippen MR) is 89.5 cm³/mol. The Bertz CT molecular complexity index is 508.